The molecule has 1 amide bonds. The highest BCUT2D eigenvalue weighted by molar-refractivity contribution is 6.30. The van der Waals surface area contributed by atoms with Gasteiger partial charge >= 0.3 is 0 Å². The van der Waals surface area contributed by atoms with Gasteiger partial charge in [-0.05, 0) is 30.2 Å². The number of hydrogen-bond donors (Lipinski definition) is 1. The molecule has 2 aromatic carbocycles. The third-order valence-electron chi connectivity index (χ3n) is 4.49. The molecular weight excluding hydrogens is 296 g/mol. The highest BCUT2D eigenvalue weighted by Gasteiger charge is 2.58. The van der Waals surface area contributed by atoms with Gasteiger partial charge in [0.15, 0.2) is 0 Å². The number of rotatable bonds is 4. The lowest BCUT2D eigenvalue weighted by atomic mass is 9.65. The molecule has 0 aliphatic carbocycles. The number of hydrogen-bond acceptors (Lipinski definition) is 2. The van der Waals surface area contributed by atoms with E-state index in [1.807, 2.05) is 66.4 Å². The maximum Gasteiger partial charge on any atom is 0.236 e. The minimum absolute atomic E-state index is 0.0109. The van der Waals surface area contributed by atoms with Gasteiger partial charge in [-0.1, -0.05) is 54.1 Å². The molecule has 2 aromatic rings. The van der Waals surface area contributed by atoms with Gasteiger partial charge in [0.2, 0.25) is 5.91 Å². The van der Waals surface area contributed by atoms with Crippen molar-refractivity contribution < 1.29 is 4.79 Å². The summed E-state index contributed by atoms with van der Waals surface area (Å²) in [4.78, 5) is 14.6. The Morgan fingerprint density at radius 2 is 1.77 bits per heavy atom. The van der Waals surface area contributed by atoms with Crippen molar-refractivity contribution in [2.45, 2.75) is 18.4 Å². The average Bonchev–Trinajstić information content (AvgIpc) is 2.56. The van der Waals surface area contributed by atoms with E-state index in [0.717, 1.165) is 11.1 Å². The number of carbonyl (C=O) groups excluding carboxylic acids is 1. The van der Waals surface area contributed by atoms with Crippen molar-refractivity contribution in [2.24, 2.45) is 5.73 Å². The molecule has 1 aliphatic rings. The van der Waals surface area contributed by atoms with Crippen molar-refractivity contribution in [3.05, 3.63) is 70.7 Å². The molecule has 0 saturated carbocycles. The number of β-lactam (4-membered cyclic amide) rings is 1. The number of halogens is 1. The highest BCUT2D eigenvalue weighted by atomic mass is 35.5. The summed E-state index contributed by atoms with van der Waals surface area (Å²) in [7, 11) is 0. The van der Waals surface area contributed by atoms with Gasteiger partial charge in [0.1, 0.15) is 0 Å². The van der Waals surface area contributed by atoms with Crippen LogP contribution in [0.2, 0.25) is 5.02 Å². The van der Waals surface area contributed by atoms with Crippen LogP contribution in [0.5, 0.6) is 0 Å². The monoisotopic (exact) mass is 314 g/mol. The van der Waals surface area contributed by atoms with Crippen LogP contribution in [-0.2, 0) is 10.2 Å². The predicted molar refractivity (Wildman–Crippen MR) is 88.8 cm³/mol. The molecule has 3 nitrogen and oxygen atoms in total. The molecular formula is C18H19ClN2O. The second-order valence-corrected chi connectivity index (χ2v) is 6.25. The molecule has 4 heteroatoms. The van der Waals surface area contributed by atoms with Gasteiger partial charge in [-0.25, -0.2) is 0 Å². The summed E-state index contributed by atoms with van der Waals surface area (Å²) >= 11 is 5.99. The molecule has 1 aliphatic heterocycles. The fourth-order valence-electron chi connectivity index (χ4n) is 3.37. The van der Waals surface area contributed by atoms with Gasteiger partial charge in [0.05, 0.1) is 11.5 Å². The van der Waals surface area contributed by atoms with Crippen LogP contribution >= 0.6 is 11.6 Å². The molecule has 0 bridgehead atoms. The smallest absolute Gasteiger partial charge is 0.236 e. The Morgan fingerprint density at radius 1 is 1.14 bits per heavy atom. The quantitative estimate of drug-likeness (QED) is 0.881. The molecule has 2 atom stereocenters. The van der Waals surface area contributed by atoms with E-state index in [1.165, 1.54) is 0 Å². The molecule has 0 spiro atoms. The lowest BCUT2D eigenvalue weighted by molar-refractivity contribution is -0.160. The average molecular weight is 315 g/mol. The van der Waals surface area contributed by atoms with Crippen LogP contribution in [0.1, 0.15) is 24.1 Å². The first-order valence-electron chi connectivity index (χ1n) is 7.41. The van der Waals surface area contributed by atoms with E-state index in [9.17, 15) is 4.79 Å². The van der Waals surface area contributed by atoms with Gasteiger partial charge in [0.25, 0.3) is 0 Å². The van der Waals surface area contributed by atoms with E-state index in [1.54, 1.807) is 0 Å². The SMILES string of the molecule is C[C@@]1(c2ccccc2)C(=O)N(CCN)[C@@H]1c1ccc(Cl)cc1. The van der Waals surface area contributed by atoms with Crippen LogP contribution < -0.4 is 5.73 Å². The molecule has 1 heterocycles. The Bertz CT molecular complexity index is 671. The molecule has 1 saturated heterocycles. The minimum atomic E-state index is -0.551. The minimum Gasteiger partial charge on any atom is -0.332 e. The Morgan fingerprint density at radius 3 is 2.36 bits per heavy atom. The zero-order valence-corrected chi connectivity index (χ0v) is 13.3. The van der Waals surface area contributed by atoms with Crippen LogP contribution in [0, 0.1) is 0 Å². The van der Waals surface area contributed by atoms with Crippen molar-refractivity contribution in [2.75, 3.05) is 13.1 Å². The molecule has 0 unspecified atom stereocenters. The number of nitrogens with zero attached hydrogens (tertiary/aromatic N) is 1. The Labute approximate surface area is 135 Å². The summed E-state index contributed by atoms with van der Waals surface area (Å²) in [5.74, 6) is 0.129. The lowest BCUT2D eigenvalue weighted by Crippen LogP contribution is -2.65. The van der Waals surface area contributed by atoms with E-state index in [4.69, 9.17) is 17.3 Å². The molecule has 3 rings (SSSR count). The van der Waals surface area contributed by atoms with E-state index >= 15 is 0 Å². The Balaban J connectivity index is 2.05. The normalized spacial score (nSPS) is 24.2. The number of nitrogens with two attached hydrogens (primary N) is 1. The third-order valence-corrected chi connectivity index (χ3v) is 4.74. The van der Waals surface area contributed by atoms with E-state index in [-0.39, 0.29) is 11.9 Å². The summed E-state index contributed by atoms with van der Waals surface area (Å²) in [5.41, 5.74) is 7.25. The van der Waals surface area contributed by atoms with Crippen LogP contribution in [0.4, 0.5) is 0 Å². The van der Waals surface area contributed by atoms with Crippen molar-refractivity contribution in [1.29, 1.82) is 0 Å². The Kier molecular flexibility index (Phi) is 3.94. The zero-order valence-electron chi connectivity index (χ0n) is 12.5. The van der Waals surface area contributed by atoms with E-state index in [0.29, 0.717) is 18.1 Å². The number of likely N-dealkylation sites (tertiary alicyclic amines) is 1. The van der Waals surface area contributed by atoms with Gasteiger partial charge in [-0.15, -0.1) is 0 Å². The summed E-state index contributed by atoms with van der Waals surface area (Å²) in [6, 6.07) is 17.6. The largest absolute Gasteiger partial charge is 0.332 e. The first-order chi connectivity index (χ1) is 10.6. The van der Waals surface area contributed by atoms with Gasteiger partial charge in [-0.2, -0.15) is 0 Å². The maximum absolute atomic E-state index is 12.8. The number of amides is 1. The summed E-state index contributed by atoms with van der Waals surface area (Å²) in [6.45, 7) is 3.03. The summed E-state index contributed by atoms with van der Waals surface area (Å²) < 4.78 is 0. The molecule has 2 N–H and O–H groups in total. The standard InChI is InChI=1S/C18H19ClN2O/c1-18(14-5-3-2-4-6-14)16(21(12-11-20)17(18)22)13-7-9-15(19)10-8-13/h2-10,16H,11-12,20H2,1H3/t16-,18+/m1/s1. The second-order valence-electron chi connectivity index (χ2n) is 5.81. The maximum atomic E-state index is 12.8. The van der Waals surface area contributed by atoms with Crippen molar-refractivity contribution in [1.82, 2.24) is 4.90 Å². The van der Waals surface area contributed by atoms with Gasteiger partial charge in [0, 0.05) is 18.1 Å². The summed E-state index contributed by atoms with van der Waals surface area (Å²) in [6.07, 6.45) is 0. The van der Waals surface area contributed by atoms with Crippen LogP contribution in [0.25, 0.3) is 0 Å². The summed E-state index contributed by atoms with van der Waals surface area (Å²) in [5, 5.41) is 0.696. The van der Waals surface area contributed by atoms with E-state index in [2.05, 4.69) is 0 Å². The number of benzene rings is 2. The molecule has 1 fully saturated rings. The first-order valence-corrected chi connectivity index (χ1v) is 7.79. The van der Waals surface area contributed by atoms with Gasteiger partial charge < -0.3 is 10.6 Å². The third kappa shape index (κ3) is 2.21. The fourth-order valence-corrected chi connectivity index (χ4v) is 3.50. The second kappa shape index (κ2) is 5.75. The lowest BCUT2D eigenvalue weighted by Gasteiger charge is -2.55. The molecule has 0 radical (unpaired) electrons. The van der Waals surface area contributed by atoms with Gasteiger partial charge in [-0.3, -0.25) is 4.79 Å². The zero-order chi connectivity index (χ0) is 15.7. The fraction of sp³-hybridized carbons (Fsp3) is 0.278. The van der Waals surface area contributed by atoms with Crippen LogP contribution in [0.15, 0.2) is 54.6 Å². The van der Waals surface area contributed by atoms with Crippen LogP contribution in [0.3, 0.4) is 0 Å². The predicted octanol–water partition coefficient (Wildman–Crippen LogP) is 3.14. The molecule has 0 aromatic heterocycles. The first kappa shape index (κ1) is 15.1. The van der Waals surface area contributed by atoms with Crippen molar-refractivity contribution >= 4 is 17.5 Å². The van der Waals surface area contributed by atoms with Crippen molar-refractivity contribution in [3.8, 4) is 0 Å². The highest BCUT2D eigenvalue weighted by Crippen LogP contribution is 2.51. The Hall–Kier alpha value is -1.84. The van der Waals surface area contributed by atoms with Crippen LogP contribution in [-0.4, -0.2) is 23.9 Å². The molecule has 114 valence electrons. The van der Waals surface area contributed by atoms with Crippen molar-refractivity contribution in [3.63, 3.8) is 0 Å². The topological polar surface area (TPSA) is 46.3 Å². The van der Waals surface area contributed by atoms with E-state index < -0.39 is 5.41 Å². The number of carbonyl (C=O) groups is 1. The molecule has 22 heavy (non-hydrogen) atoms.